The number of hydrogen-bond acceptors (Lipinski definition) is 3. The number of hydrogen-bond donors (Lipinski definition) is 2. The highest BCUT2D eigenvalue weighted by Gasteiger charge is 2.24. The Balaban J connectivity index is 1.37. The van der Waals surface area contributed by atoms with Gasteiger partial charge in [-0.05, 0) is 45.2 Å². The molecule has 2 N–H and O–H groups in total. The van der Waals surface area contributed by atoms with E-state index in [-0.39, 0.29) is 0 Å². The lowest BCUT2D eigenvalue weighted by Gasteiger charge is -2.37. The van der Waals surface area contributed by atoms with Gasteiger partial charge in [0.25, 0.3) is 0 Å². The second-order valence-corrected chi connectivity index (χ2v) is 8.46. The maximum Gasteiger partial charge on any atom is 0.191 e. The van der Waals surface area contributed by atoms with Crippen LogP contribution < -0.4 is 10.6 Å². The van der Waals surface area contributed by atoms with Crippen LogP contribution in [-0.4, -0.2) is 68.1 Å². The monoisotopic (exact) mass is 385 g/mol. The maximum absolute atomic E-state index is 4.44. The smallest absolute Gasteiger partial charge is 0.191 e. The van der Waals surface area contributed by atoms with Crippen LogP contribution in [0.5, 0.6) is 0 Å². The zero-order valence-corrected chi connectivity index (χ0v) is 18.0. The van der Waals surface area contributed by atoms with E-state index in [0.29, 0.717) is 12.1 Å². The van der Waals surface area contributed by atoms with Gasteiger partial charge in [-0.1, -0.05) is 43.2 Å². The topological polar surface area (TPSA) is 42.9 Å². The molecule has 1 aromatic carbocycles. The Morgan fingerprint density at radius 1 is 1.14 bits per heavy atom. The molecule has 1 aromatic rings. The van der Waals surface area contributed by atoms with E-state index >= 15 is 0 Å². The van der Waals surface area contributed by atoms with Crippen molar-refractivity contribution in [3.8, 4) is 0 Å². The summed E-state index contributed by atoms with van der Waals surface area (Å²) in [6, 6.07) is 12.6. The minimum absolute atomic E-state index is 0.491. The number of piperidine rings is 1. The number of guanidine groups is 1. The number of likely N-dealkylation sites (tertiary alicyclic amines) is 1. The molecular formula is C23H39N5. The maximum atomic E-state index is 4.44. The summed E-state index contributed by atoms with van der Waals surface area (Å²) >= 11 is 0. The first-order valence-corrected chi connectivity index (χ1v) is 11.1. The second-order valence-electron chi connectivity index (χ2n) is 8.46. The molecule has 0 amide bonds. The Hall–Kier alpha value is -1.59. The van der Waals surface area contributed by atoms with Gasteiger partial charge in [-0.2, -0.15) is 0 Å². The zero-order valence-electron chi connectivity index (χ0n) is 18.0. The third-order valence-electron chi connectivity index (χ3n) is 6.63. The Labute approximate surface area is 171 Å². The van der Waals surface area contributed by atoms with Crippen molar-refractivity contribution in [2.45, 2.75) is 63.6 Å². The molecule has 28 heavy (non-hydrogen) atoms. The van der Waals surface area contributed by atoms with Crippen molar-refractivity contribution in [1.29, 1.82) is 0 Å². The van der Waals surface area contributed by atoms with Crippen LogP contribution in [0.15, 0.2) is 35.3 Å². The number of aliphatic imine (C=N–C) groups is 1. The van der Waals surface area contributed by atoms with Crippen molar-refractivity contribution in [2.75, 3.05) is 40.3 Å². The molecule has 1 atom stereocenters. The van der Waals surface area contributed by atoms with Gasteiger partial charge in [0.1, 0.15) is 0 Å². The normalized spacial score (nSPS) is 21.2. The van der Waals surface area contributed by atoms with Crippen LogP contribution in [-0.2, 0) is 0 Å². The van der Waals surface area contributed by atoms with Crippen molar-refractivity contribution in [1.82, 2.24) is 20.4 Å². The van der Waals surface area contributed by atoms with Crippen molar-refractivity contribution in [3.05, 3.63) is 35.9 Å². The Morgan fingerprint density at radius 3 is 2.46 bits per heavy atom. The summed E-state index contributed by atoms with van der Waals surface area (Å²) in [6.07, 6.45) is 7.85. The van der Waals surface area contributed by atoms with E-state index in [1.807, 2.05) is 7.05 Å². The first-order chi connectivity index (χ1) is 13.7. The molecule has 5 nitrogen and oxygen atoms in total. The fraction of sp³-hybridized carbons (Fsp3) is 0.696. The van der Waals surface area contributed by atoms with E-state index in [1.54, 1.807) is 0 Å². The summed E-state index contributed by atoms with van der Waals surface area (Å²) in [7, 11) is 4.14. The second kappa shape index (κ2) is 10.8. The summed E-state index contributed by atoms with van der Waals surface area (Å²) in [5, 5.41) is 7.16. The summed E-state index contributed by atoms with van der Waals surface area (Å²) in [5.41, 5.74) is 1.41. The average molecular weight is 386 g/mol. The Bertz CT molecular complexity index is 588. The molecule has 0 aromatic heterocycles. The summed E-state index contributed by atoms with van der Waals surface area (Å²) < 4.78 is 0. The number of nitrogens with zero attached hydrogens (tertiary/aromatic N) is 3. The van der Waals surface area contributed by atoms with Gasteiger partial charge in [0.2, 0.25) is 0 Å². The third kappa shape index (κ3) is 5.95. The summed E-state index contributed by atoms with van der Waals surface area (Å²) in [5.74, 6) is 0.953. The van der Waals surface area contributed by atoms with Gasteiger partial charge in [0, 0.05) is 51.4 Å². The molecule has 0 bridgehead atoms. The molecular weight excluding hydrogens is 346 g/mol. The zero-order chi connectivity index (χ0) is 19.8. The molecule has 1 saturated carbocycles. The van der Waals surface area contributed by atoms with E-state index in [1.165, 1.54) is 44.1 Å². The number of rotatable bonds is 7. The van der Waals surface area contributed by atoms with E-state index in [2.05, 4.69) is 69.7 Å². The molecule has 2 fully saturated rings. The van der Waals surface area contributed by atoms with Crippen molar-refractivity contribution < 1.29 is 0 Å². The van der Waals surface area contributed by atoms with Gasteiger partial charge in [-0.25, -0.2) is 0 Å². The summed E-state index contributed by atoms with van der Waals surface area (Å²) in [6.45, 7) is 6.63. The SMILES string of the molecule is CN=C(NCCN(C)C1CCCC1)NC1CCN(C(C)c2ccccc2)CC1. The van der Waals surface area contributed by atoms with E-state index in [0.717, 1.165) is 38.2 Å². The van der Waals surface area contributed by atoms with Crippen LogP contribution in [0.3, 0.4) is 0 Å². The van der Waals surface area contributed by atoms with Crippen LogP contribution >= 0.6 is 0 Å². The fourth-order valence-electron chi connectivity index (χ4n) is 4.64. The van der Waals surface area contributed by atoms with Gasteiger partial charge in [-0.15, -0.1) is 0 Å². The average Bonchev–Trinajstić information content (AvgIpc) is 3.28. The van der Waals surface area contributed by atoms with Crippen LogP contribution in [0, 0.1) is 0 Å². The first-order valence-electron chi connectivity index (χ1n) is 11.1. The largest absolute Gasteiger partial charge is 0.355 e. The van der Waals surface area contributed by atoms with E-state index in [4.69, 9.17) is 0 Å². The molecule has 1 saturated heterocycles. The lowest BCUT2D eigenvalue weighted by Crippen LogP contribution is -2.50. The molecule has 1 unspecified atom stereocenters. The van der Waals surface area contributed by atoms with Crippen LogP contribution in [0.1, 0.15) is 57.1 Å². The molecule has 1 aliphatic heterocycles. The van der Waals surface area contributed by atoms with Crippen molar-refractivity contribution in [2.24, 2.45) is 4.99 Å². The van der Waals surface area contributed by atoms with E-state index < -0.39 is 0 Å². The predicted octanol–water partition coefficient (Wildman–Crippen LogP) is 3.25. The van der Waals surface area contributed by atoms with Gasteiger partial charge in [0.05, 0.1) is 0 Å². The lowest BCUT2D eigenvalue weighted by atomic mass is 10.0. The molecule has 2 aliphatic rings. The molecule has 3 rings (SSSR count). The summed E-state index contributed by atoms with van der Waals surface area (Å²) in [4.78, 5) is 9.55. The van der Waals surface area contributed by atoms with E-state index in [9.17, 15) is 0 Å². The minimum Gasteiger partial charge on any atom is -0.355 e. The van der Waals surface area contributed by atoms with Crippen LogP contribution in [0.4, 0.5) is 0 Å². The Kier molecular flexibility index (Phi) is 8.16. The van der Waals surface area contributed by atoms with Gasteiger partial charge < -0.3 is 15.5 Å². The number of nitrogens with one attached hydrogen (secondary N) is 2. The molecule has 156 valence electrons. The first kappa shape index (κ1) is 21.1. The fourth-order valence-corrected chi connectivity index (χ4v) is 4.64. The highest BCUT2D eigenvalue weighted by molar-refractivity contribution is 5.79. The third-order valence-corrected chi connectivity index (χ3v) is 6.63. The predicted molar refractivity (Wildman–Crippen MR) is 119 cm³/mol. The molecule has 5 heteroatoms. The Morgan fingerprint density at radius 2 is 1.82 bits per heavy atom. The van der Waals surface area contributed by atoms with Crippen LogP contribution in [0.2, 0.25) is 0 Å². The van der Waals surface area contributed by atoms with Crippen LogP contribution in [0.25, 0.3) is 0 Å². The van der Waals surface area contributed by atoms with Crippen molar-refractivity contribution >= 4 is 5.96 Å². The number of benzene rings is 1. The molecule has 1 heterocycles. The lowest BCUT2D eigenvalue weighted by molar-refractivity contribution is 0.158. The minimum atomic E-state index is 0.491. The van der Waals surface area contributed by atoms with Gasteiger partial charge in [-0.3, -0.25) is 9.89 Å². The highest BCUT2D eigenvalue weighted by Crippen LogP contribution is 2.24. The van der Waals surface area contributed by atoms with Crippen molar-refractivity contribution in [3.63, 3.8) is 0 Å². The number of likely N-dealkylation sites (N-methyl/N-ethyl adjacent to an activating group) is 1. The highest BCUT2D eigenvalue weighted by atomic mass is 15.2. The van der Waals surface area contributed by atoms with Gasteiger partial charge in [0.15, 0.2) is 5.96 Å². The molecule has 1 aliphatic carbocycles. The molecule has 0 spiro atoms. The van der Waals surface area contributed by atoms with Gasteiger partial charge >= 0.3 is 0 Å². The molecule has 0 radical (unpaired) electrons. The quantitative estimate of drug-likeness (QED) is 0.559. The standard InChI is InChI=1S/C23H39N5/c1-19(20-9-5-4-6-10-20)28-16-13-21(14-17-28)26-23(24-2)25-15-18-27(3)22-11-7-8-12-22/h4-6,9-10,19,21-22H,7-8,11-18H2,1-3H3,(H2,24,25,26).